The molecule has 2 aromatic heterocycles. The molecule has 18 heavy (non-hydrogen) atoms. The van der Waals surface area contributed by atoms with Crippen LogP contribution < -0.4 is 5.32 Å². The number of hydrogen-bond acceptors (Lipinski definition) is 2. The molecule has 0 amide bonds. The zero-order valence-electron chi connectivity index (χ0n) is 11.0. The normalized spacial score (nSPS) is 11.7. The molecule has 1 aromatic carbocycles. The van der Waals surface area contributed by atoms with Gasteiger partial charge in [-0.2, -0.15) is 0 Å². The highest BCUT2D eigenvalue weighted by molar-refractivity contribution is 5.81. The number of hydrogen-bond donors (Lipinski definition) is 2. The number of aromatic nitrogens is 3. The predicted octanol–water partition coefficient (Wildman–Crippen LogP) is 2.19. The van der Waals surface area contributed by atoms with Crippen molar-refractivity contribution in [3.8, 4) is 0 Å². The van der Waals surface area contributed by atoms with Crippen LogP contribution in [0, 0.1) is 13.8 Å². The number of rotatable bonds is 3. The van der Waals surface area contributed by atoms with E-state index in [4.69, 9.17) is 0 Å². The average molecular weight is 242 g/mol. The fourth-order valence-corrected chi connectivity index (χ4v) is 2.29. The number of H-pyrrole nitrogens is 1. The smallest absolute Gasteiger partial charge is 0.212 e. The Balaban J connectivity index is 2.15. The lowest BCUT2D eigenvalue weighted by molar-refractivity contribution is 0.780. The van der Waals surface area contributed by atoms with E-state index < -0.39 is 0 Å². The summed E-state index contributed by atoms with van der Waals surface area (Å²) in [4.78, 5) is 8.00. The molecule has 2 heterocycles. The molecule has 0 spiro atoms. The van der Waals surface area contributed by atoms with Gasteiger partial charge in [-0.15, -0.1) is 0 Å². The van der Waals surface area contributed by atoms with Gasteiger partial charge in [0.2, 0.25) is 5.78 Å². The van der Waals surface area contributed by atoms with Gasteiger partial charge in [0, 0.05) is 24.9 Å². The van der Waals surface area contributed by atoms with Crippen molar-refractivity contribution >= 4 is 16.8 Å². The van der Waals surface area contributed by atoms with Gasteiger partial charge in [0.05, 0.1) is 11.0 Å². The standard InChI is InChI=1S/C14H18N4/c1-9-6-12-13(7-10(9)2)18-8-11(4-5-15-3)16-14(18)17-12/h6-8,15H,4-5H2,1-3H3,(H,16,17). The van der Waals surface area contributed by atoms with E-state index in [0.29, 0.717) is 0 Å². The molecule has 0 bridgehead atoms. The zero-order chi connectivity index (χ0) is 12.7. The topological polar surface area (TPSA) is 45.1 Å². The Bertz CT molecular complexity index is 705. The third-order valence-electron chi connectivity index (χ3n) is 3.51. The van der Waals surface area contributed by atoms with Gasteiger partial charge in [0.25, 0.3) is 0 Å². The predicted molar refractivity (Wildman–Crippen MR) is 74.2 cm³/mol. The van der Waals surface area contributed by atoms with E-state index in [9.17, 15) is 0 Å². The lowest BCUT2D eigenvalue weighted by Gasteiger charge is -1.99. The summed E-state index contributed by atoms with van der Waals surface area (Å²) in [6.07, 6.45) is 3.14. The van der Waals surface area contributed by atoms with Crippen LogP contribution in [-0.4, -0.2) is 28.0 Å². The van der Waals surface area contributed by atoms with E-state index in [1.807, 2.05) is 7.05 Å². The number of nitrogens with one attached hydrogen (secondary N) is 2. The van der Waals surface area contributed by atoms with Crippen molar-refractivity contribution in [2.75, 3.05) is 13.6 Å². The second-order valence-electron chi connectivity index (χ2n) is 4.86. The number of aryl methyl sites for hydroxylation is 2. The monoisotopic (exact) mass is 242 g/mol. The zero-order valence-corrected chi connectivity index (χ0v) is 11.0. The fraction of sp³-hybridized carbons (Fsp3) is 0.357. The summed E-state index contributed by atoms with van der Waals surface area (Å²) in [5.74, 6) is 0.932. The Labute approximate surface area is 106 Å². The number of aromatic amines is 1. The highest BCUT2D eigenvalue weighted by atomic mass is 15.1. The van der Waals surface area contributed by atoms with Crippen LogP contribution in [0.2, 0.25) is 0 Å². The number of benzene rings is 1. The third-order valence-corrected chi connectivity index (χ3v) is 3.51. The molecule has 3 rings (SSSR count). The van der Waals surface area contributed by atoms with Crippen LogP contribution in [0.15, 0.2) is 18.3 Å². The van der Waals surface area contributed by atoms with Gasteiger partial charge in [-0.3, -0.25) is 4.40 Å². The summed E-state index contributed by atoms with van der Waals surface area (Å²) in [6.45, 7) is 5.24. The molecule has 0 aliphatic rings. The summed E-state index contributed by atoms with van der Waals surface area (Å²) in [6, 6.07) is 4.36. The van der Waals surface area contributed by atoms with Crippen molar-refractivity contribution in [1.29, 1.82) is 0 Å². The van der Waals surface area contributed by atoms with Crippen molar-refractivity contribution in [2.24, 2.45) is 0 Å². The van der Waals surface area contributed by atoms with Gasteiger partial charge in [-0.05, 0) is 44.2 Å². The van der Waals surface area contributed by atoms with Crippen LogP contribution in [0.3, 0.4) is 0 Å². The molecular weight excluding hydrogens is 224 g/mol. The molecule has 0 aliphatic heterocycles. The van der Waals surface area contributed by atoms with E-state index in [2.05, 4.69) is 51.9 Å². The van der Waals surface area contributed by atoms with Crippen LogP contribution in [0.5, 0.6) is 0 Å². The Morgan fingerprint density at radius 1 is 1.28 bits per heavy atom. The number of imidazole rings is 2. The number of nitrogens with zero attached hydrogens (tertiary/aromatic N) is 2. The van der Waals surface area contributed by atoms with E-state index in [0.717, 1.165) is 24.3 Å². The number of fused-ring (bicyclic) bond motifs is 3. The van der Waals surface area contributed by atoms with E-state index in [1.165, 1.54) is 22.3 Å². The van der Waals surface area contributed by atoms with Crippen LogP contribution in [0.25, 0.3) is 16.8 Å². The first-order valence-electron chi connectivity index (χ1n) is 6.30. The number of likely N-dealkylation sites (N-methyl/N-ethyl adjacent to an activating group) is 1. The first-order valence-corrected chi connectivity index (χ1v) is 6.30. The largest absolute Gasteiger partial charge is 0.327 e. The van der Waals surface area contributed by atoms with Crippen molar-refractivity contribution in [1.82, 2.24) is 19.7 Å². The molecule has 94 valence electrons. The second kappa shape index (κ2) is 4.14. The van der Waals surface area contributed by atoms with Crippen LogP contribution in [0.4, 0.5) is 0 Å². The van der Waals surface area contributed by atoms with E-state index in [-0.39, 0.29) is 0 Å². The van der Waals surface area contributed by atoms with E-state index >= 15 is 0 Å². The Morgan fingerprint density at radius 2 is 2.06 bits per heavy atom. The summed E-state index contributed by atoms with van der Waals surface area (Å²) >= 11 is 0. The first-order chi connectivity index (χ1) is 8.69. The van der Waals surface area contributed by atoms with Crippen molar-refractivity contribution < 1.29 is 0 Å². The Hall–Kier alpha value is -1.81. The van der Waals surface area contributed by atoms with Crippen molar-refractivity contribution in [2.45, 2.75) is 20.3 Å². The van der Waals surface area contributed by atoms with Crippen LogP contribution >= 0.6 is 0 Å². The maximum absolute atomic E-state index is 4.63. The summed E-state index contributed by atoms with van der Waals surface area (Å²) in [5, 5.41) is 3.16. The molecule has 0 radical (unpaired) electrons. The fourth-order valence-electron chi connectivity index (χ4n) is 2.29. The molecule has 0 unspecified atom stereocenters. The molecule has 4 nitrogen and oxygen atoms in total. The summed E-state index contributed by atoms with van der Waals surface area (Å²) < 4.78 is 2.15. The minimum Gasteiger partial charge on any atom is -0.327 e. The van der Waals surface area contributed by atoms with Crippen LogP contribution in [-0.2, 0) is 6.42 Å². The van der Waals surface area contributed by atoms with Gasteiger partial charge >= 0.3 is 0 Å². The van der Waals surface area contributed by atoms with Crippen LogP contribution in [0.1, 0.15) is 16.8 Å². The van der Waals surface area contributed by atoms with Gasteiger partial charge in [-0.25, -0.2) is 4.98 Å². The summed E-state index contributed by atoms with van der Waals surface area (Å²) in [7, 11) is 1.97. The lowest BCUT2D eigenvalue weighted by atomic mass is 10.1. The molecular formula is C14H18N4. The average Bonchev–Trinajstić information content (AvgIpc) is 2.86. The SMILES string of the molecule is CNCCc1cn2c(nc3cc(C)c(C)cc32)[nH]1. The molecule has 0 saturated heterocycles. The second-order valence-corrected chi connectivity index (χ2v) is 4.86. The molecule has 0 atom stereocenters. The minimum absolute atomic E-state index is 0.932. The Kier molecular flexibility index (Phi) is 2.59. The van der Waals surface area contributed by atoms with Gasteiger partial charge in [0.15, 0.2) is 0 Å². The van der Waals surface area contributed by atoms with Crippen molar-refractivity contribution in [3.05, 3.63) is 35.2 Å². The van der Waals surface area contributed by atoms with E-state index in [1.54, 1.807) is 0 Å². The lowest BCUT2D eigenvalue weighted by Crippen LogP contribution is -2.10. The minimum atomic E-state index is 0.932. The molecule has 0 aliphatic carbocycles. The third kappa shape index (κ3) is 1.69. The maximum Gasteiger partial charge on any atom is 0.212 e. The summed E-state index contributed by atoms with van der Waals surface area (Å²) in [5.41, 5.74) is 6.05. The highest BCUT2D eigenvalue weighted by Crippen LogP contribution is 2.21. The molecule has 4 heteroatoms. The molecule has 0 saturated carbocycles. The van der Waals surface area contributed by atoms with Crippen molar-refractivity contribution in [3.63, 3.8) is 0 Å². The van der Waals surface area contributed by atoms with Gasteiger partial charge in [0.1, 0.15) is 0 Å². The van der Waals surface area contributed by atoms with Gasteiger partial charge in [-0.1, -0.05) is 0 Å². The first kappa shape index (κ1) is 11.3. The maximum atomic E-state index is 4.63. The quantitative estimate of drug-likeness (QED) is 0.739. The Morgan fingerprint density at radius 3 is 2.83 bits per heavy atom. The van der Waals surface area contributed by atoms with Gasteiger partial charge < -0.3 is 10.3 Å². The highest BCUT2D eigenvalue weighted by Gasteiger charge is 2.09. The molecule has 0 fully saturated rings. The molecule has 3 aromatic rings. The molecule has 2 N–H and O–H groups in total.